The predicted octanol–water partition coefficient (Wildman–Crippen LogP) is 10.3. The maximum atomic E-state index is 8.36. The fourth-order valence-corrected chi connectivity index (χ4v) is 7.53. The van der Waals surface area contributed by atoms with Gasteiger partial charge in [-0.1, -0.05) is 90.9 Å². The first kappa shape index (κ1) is 27.6. The van der Waals surface area contributed by atoms with Gasteiger partial charge < -0.3 is 5.11 Å². The van der Waals surface area contributed by atoms with E-state index in [1.165, 1.54) is 99.1 Å². The third-order valence-electron chi connectivity index (χ3n) is 5.80. The van der Waals surface area contributed by atoms with Gasteiger partial charge in [0.15, 0.2) is 0 Å². The molecule has 2 nitrogen and oxygen atoms in total. The summed E-state index contributed by atoms with van der Waals surface area (Å²) in [7, 11) is 0. The minimum absolute atomic E-state index is 0.250. The van der Waals surface area contributed by atoms with Crippen LogP contribution in [0.5, 0.6) is 0 Å². The van der Waals surface area contributed by atoms with Gasteiger partial charge in [0.05, 0.1) is 4.70 Å². The Morgan fingerprint density at radius 1 is 0.900 bits per heavy atom. The van der Waals surface area contributed by atoms with Crippen LogP contribution in [0.1, 0.15) is 120 Å². The van der Waals surface area contributed by atoms with Crippen molar-refractivity contribution in [2.24, 2.45) is 0 Å². The highest BCUT2D eigenvalue weighted by molar-refractivity contribution is 9.10. The number of fused-ring (bicyclic) bond motifs is 1. The van der Waals surface area contributed by atoms with Crippen molar-refractivity contribution in [1.29, 1.82) is 0 Å². The smallest absolute Gasteiger partial charge is 0.290 e. The molecular weight excluding hydrogens is 476 g/mol. The van der Waals surface area contributed by atoms with Crippen molar-refractivity contribution in [3.8, 4) is 0 Å². The van der Waals surface area contributed by atoms with Crippen molar-refractivity contribution in [3.63, 3.8) is 0 Å². The number of hydrogen-bond acceptors (Lipinski definition) is 3. The van der Waals surface area contributed by atoms with E-state index in [-0.39, 0.29) is 6.47 Å². The third-order valence-corrected chi connectivity index (χ3v) is 9.29. The molecule has 0 aliphatic carbocycles. The Labute approximate surface area is 200 Å². The molecule has 5 heteroatoms. The Morgan fingerprint density at radius 3 is 1.87 bits per heavy atom. The maximum Gasteiger partial charge on any atom is 0.290 e. The quantitative estimate of drug-likeness (QED) is 0.188. The molecular formula is C25H41BrO2S2. The van der Waals surface area contributed by atoms with Crippen LogP contribution in [-0.4, -0.2) is 11.6 Å². The third kappa shape index (κ3) is 9.82. The highest BCUT2D eigenvalue weighted by Crippen LogP contribution is 2.45. The summed E-state index contributed by atoms with van der Waals surface area (Å²) >= 11 is 7.72. The number of rotatable bonds is 15. The van der Waals surface area contributed by atoms with Gasteiger partial charge in [-0.3, -0.25) is 4.79 Å². The maximum absolute atomic E-state index is 8.36. The summed E-state index contributed by atoms with van der Waals surface area (Å²) < 4.78 is 4.37. The lowest BCUT2D eigenvalue weighted by atomic mass is 9.88. The van der Waals surface area contributed by atoms with Crippen LogP contribution in [0.25, 0.3) is 9.40 Å². The van der Waals surface area contributed by atoms with Gasteiger partial charge in [-0.15, -0.1) is 22.7 Å². The Kier molecular flexibility index (Phi) is 15.8. The molecule has 0 bridgehead atoms. The molecule has 0 radical (unpaired) electrons. The number of thiophene rings is 2. The molecule has 1 atom stereocenters. The molecule has 0 amide bonds. The van der Waals surface area contributed by atoms with E-state index in [4.69, 9.17) is 9.90 Å². The van der Waals surface area contributed by atoms with Gasteiger partial charge in [0.1, 0.15) is 0 Å². The molecule has 172 valence electrons. The highest BCUT2D eigenvalue weighted by Gasteiger charge is 2.21. The van der Waals surface area contributed by atoms with Crippen LogP contribution in [0.4, 0.5) is 0 Å². The van der Waals surface area contributed by atoms with Crippen LogP contribution in [0.3, 0.4) is 0 Å². The molecule has 0 saturated carbocycles. The van der Waals surface area contributed by atoms with Gasteiger partial charge in [0.2, 0.25) is 0 Å². The number of carbonyl (C=O) groups is 1. The first-order chi connectivity index (χ1) is 14.6. The van der Waals surface area contributed by atoms with E-state index in [9.17, 15) is 0 Å². The van der Waals surface area contributed by atoms with E-state index in [0.29, 0.717) is 0 Å². The lowest BCUT2D eigenvalue weighted by Crippen LogP contribution is -2.00. The number of halogens is 1. The highest BCUT2D eigenvalue weighted by atomic mass is 79.9. The molecule has 0 aromatic carbocycles. The Hall–Kier alpha value is -0.390. The van der Waals surface area contributed by atoms with E-state index >= 15 is 0 Å². The first-order valence-corrected chi connectivity index (χ1v) is 14.3. The van der Waals surface area contributed by atoms with Crippen LogP contribution >= 0.6 is 38.6 Å². The standard InChI is InChI=1S/C24H39BrS2.CH2O2/c1-4-6-8-10-11-13-15-17-20(16-14-12-9-7-5-2)22-19(3)27-23-21(25)18-26-24(22)23;2-1-3/h18,20H,4-17H2,1-3H3;1H,(H,2,3). The van der Waals surface area contributed by atoms with Crippen molar-refractivity contribution < 1.29 is 9.90 Å². The van der Waals surface area contributed by atoms with Gasteiger partial charge in [-0.2, -0.15) is 0 Å². The molecule has 30 heavy (non-hydrogen) atoms. The van der Waals surface area contributed by atoms with E-state index in [1.54, 1.807) is 15.1 Å². The van der Waals surface area contributed by atoms with Gasteiger partial charge >= 0.3 is 0 Å². The van der Waals surface area contributed by atoms with Gasteiger partial charge in [0, 0.05) is 19.4 Å². The molecule has 0 spiro atoms. The van der Waals surface area contributed by atoms with Gasteiger partial charge in [0.25, 0.3) is 6.47 Å². The first-order valence-electron chi connectivity index (χ1n) is 11.8. The summed E-state index contributed by atoms with van der Waals surface area (Å²) in [5.41, 5.74) is 1.70. The van der Waals surface area contributed by atoms with Crippen molar-refractivity contribution in [1.82, 2.24) is 0 Å². The minimum Gasteiger partial charge on any atom is -0.483 e. The molecule has 0 aliphatic rings. The zero-order chi connectivity index (χ0) is 22.2. The number of unbranched alkanes of at least 4 members (excludes halogenated alkanes) is 10. The Balaban J connectivity index is 0.00000141. The van der Waals surface area contributed by atoms with E-state index in [2.05, 4.69) is 42.1 Å². The van der Waals surface area contributed by atoms with Crippen LogP contribution in [-0.2, 0) is 4.79 Å². The van der Waals surface area contributed by atoms with Crippen molar-refractivity contribution in [3.05, 3.63) is 20.3 Å². The van der Waals surface area contributed by atoms with Crippen LogP contribution < -0.4 is 0 Å². The second-order valence-corrected chi connectivity index (χ2v) is 11.2. The summed E-state index contributed by atoms with van der Waals surface area (Å²) in [5.74, 6) is 0.779. The second kappa shape index (κ2) is 17.2. The second-order valence-electron chi connectivity index (χ2n) is 8.23. The Bertz CT molecular complexity index is 693. The zero-order valence-corrected chi connectivity index (χ0v) is 22.4. The fraction of sp³-hybridized carbons (Fsp3) is 0.720. The topological polar surface area (TPSA) is 37.3 Å². The fourth-order valence-electron chi connectivity index (χ4n) is 4.22. The van der Waals surface area contributed by atoms with Crippen LogP contribution in [0.2, 0.25) is 0 Å². The van der Waals surface area contributed by atoms with E-state index in [1.807, 2.05) is 22.7 Å². The van der Waals surface area contributed by atoms with Crippen LogP contribution in [0.15, 0.2) is 9.85 Å². The summed E-state index contributed by atoms with van der Waals surface area (Å²) in [5, 5.41) is 9.18. The molecule has 2 aromatic rings. The SMILES string of the molecule is CCCCCCCCCC(CCCCCCC)c1c(C)sc2c(Br)csc12.O=CO. The minimum atomic E-state index is -0.250. The zero-order valence-electron chi connectivity index (χ0n) is 19.2. The van der Waals surface area contributed by atoms with Crippen molar-refractivity contribution in [2.75, 3.05) is 0 Å². The van der Waals surface area contributed by atoms with Crippen molar-refractivity contribution >= 4 is 54.5 Å². The van der Waals surface area contributed by atoms with E-state index < -0.39 is 0 Å². The molecule has 2 aromatic heterocycles. The molecule has 0 fully saturated rings. The molecule has 1 unspecified atom stereocenters. The number of aryl methyl sites for hydroxylation is 1. The largest absolute Gasteiger partial charge is 0.483 e. The average molecular weight is 518 g/mol. The van der Waals surface area contributed by atoms with Crippen LogP contribution in [0, 0.1) is 6.92 Å². The lowest BCUT2D eigenvalue weighted by molar-refractivity contribution is -0.122. The molecule has 2 heterocycles. The monoisotopic (exact) mass is 516 g/mol. The van der Waals surface area contributed by atoms with Crippen molar-refractivity contribution in [2.45, 2.75) is 117 Å². The Morgan fingerprint density at radius 2 is 1.37 bits per heavy atom. The predicted molar refractivity (Wildman–Crippen MR) is 140 cm³/mol. The number of carboxylic acid groups (broad SMARTS) is 1. The van der Waals surface area contributed by atoms with E-state index in [0.717, 1.165) is 5.92 Å². The van der Waals surface area contributed by atoms with Gasteiger partial charge in [-0.25, -0.2) is 0 Å². The molecule has 0 aliphatic heterocycles. The normalized spacial score (nSPS) is 12.0. The summed E-state index contributed by atoms with van der Waals surface area (Å²) in [6.07, 6.45) is 19.7. The molecule has 0 saturated heterocycles. The summed E-state index contributed by atoms with van der Waals surface area (Å²) in [6, 6.07) is 0. The van der Waals surface area contributed by atoms with Gasteiger partial charge in [-0.05, 0) is 47.2 Å². The summed E-state index contributed by atoms with van der Waals surface area (Å²) in [4.78, 5) is 9.93. The summed E-state index contributed by atoms with van der Waals surface area (Å²) in [6.45, 7) is 6.72. The average Bonchev–Trinajstić information content (AvgIpc) is 3.24. The molecule has 1 N–H and O–H groups in total. The molecule has 2 rings (SSSR count). The number of hydrogen-bond donors (Lipinski definition) is 1. The lowest BCUT2D eigenvalue weighted by Gasteiger charge is -2.18.